The normalized spacial score (nSPS) is 10.2. The molecule has 0 saturated heterocycles. The van der Waals surface area contributed by atoms with Crippen LogP contribution in [0.4, 0.5) is 0 Å². The second-order valence-corrected chi connectivity index (χ2v) is 4.60. The van der Waals surface area contributed by atoms with Crippen molar-refractivity contribution in [3.05, 3.63) is 36.4 Å². The summed E-state index contributed by atoms with van der Waals surface area (Å²) in [6.45, 7) is 7.03. The van der Waals surface area contributed by atoms with Crippen LogP contribution in [0.15, 0.2) is 30.9 Å². The molecular weight excluding hydrogens is 268 g/mol. The van der Waals surface area contributed by atoms with Crippen LogP contribution in [-0.4, -0.2) is 32.7 Å². The lowest BCUT2D eigenvalue weighted by atomic mass is 10.1. The predicted molar refractivity (Wildman–Crippen MR) is 83.1 cm³/mol. The third-order valence-corrected chi connectivity index (χ3v) is 3.01. The molecule has 0 atom stereocenters. The predicted octanol–water partition coefficient (Wildman–Crippen LogP) is 3.19. The van der Waals surface area contributed by atoms with Crippen LogP contribution in [0.25, 0.3) is 0 Å². The Morgan fingerprint density at radius 3 is 2.62 bits per heavy atom. The number of ether oxygens (including phenoxy) is 3. The van der Waals surface area contributed by atoms with E-state index in [9.17, 15) is 4.79 Å². The van der Waals surface area contributed by atoms with E-state index < -0.39 is 0 Å². The van der Waals surface area contributed by atoms with Crippen molar-refractivity contribution in [2.75, 3.05) is 26.9 Å². The highest BCUT2D eigenvalue weighted by molar-refractivity contribution is 5.88. The van der Waals surface area contributed by atoms with Gasteiger partial charge < -0.3 is 14.2 Å². The number of carbonyl (C=O) groups excluding carboxylic acids is 1. The molecule has 0 radical (unpaired) electrons. The molecule has 4 heteroatoms. The molecule has 4 nitrogen and oxygen atoms in total. The topological polar surface area (TPSA) is 44.8 Å². The van der Waals surface area contributed by atoms with Crippen LogP contribution in [0, 0.1) is 0 Å². The summed E-state index contributed by atoms with van der Waals surface area (Å²) in [7, 11) is 1.64. The average Bonchev–Trinajstić information content (AvgIpc) is 2.52. The average molecular weight is 292 g/mol. The minimum absolute atomic E-state index is 0.0384. The zero-order valence-corrected chi connectivity index (χ0v) is 12.9. The highest BCUT2D eigenvalue weighted by atomic mass is 16.5. The molecule has 1 rings (SSSR count). The summed E-state index contributed by atoms with van der Waals surface area (Å²) in [5.41, 5.74) is 1.19. The molecule has 0 aliphatic carbocycles. The van der Waals surface area contributed by atoms with Gasteiger partial charge in [0.15, 0.2) is 17.3 Å². The monoisotopic (exact) mass is 292 g/mol. The van der Waals surface area contributed by atoms with E-state index in [1.807, 2.05) is 18.2 Å². The second-order valence-electron chi connectivity index (χ2n) is 4.60. The van der Waals surface area contributed by atoms with Gasteiger partial charge in [0.1, 0.15) is 6.61 Å². The fourth-order valence-electron chi connectivity index (χ4n) is 1.77. The Morgan fingerprint density at radius 1 is 1.19 bits per heavy atom. The minimum Gasteiger partial charge on any atom is -0.490 e. The molecule has 0 saturated carbocycles. The van der Waals surface area contributed by atoms with E-state index >= 15 is 0 Å². The van der Waals surface area contributed by atoms with Crippen LogP contribution in [0.5, 0.6) is 11.5 Å². The first-order chi connectivity index (χ1) is 10.2. The van der Waals surface area contributed by atoms with E-state index in [1.165, 1.54) is 11.6 Å². The number of aryl methyl sites for hydroxylation is 1. The van der Waals surface area contributed by atoms with Crippen molar-refractivity contribution >= 4 is 5.78 Å². The lowest BCUT2D eigenvalue weighted by Gasteiger charge is -2.13. The van der Waals surface area contributed by atoms with Crippen molar-refractivity contribution in [2.45, 2.75) is 26.2 Å². The molecule has 0 fully saturated rings. The Labute approximate surface area is 126 Å². The highest BCUT2D eigenvalue weighted by Crippen LogP contribution is 2.29. The number of hydrogen-bond donors (Lipinski definition) is 0. The molecule has 0 aliphatic heterocycles. The van der Waals surface area contributed by atoms with Gasteiger partial charge in [-0.05, 0) is 36.6 Å². The molecule has 1 aromatic rings. The third-order valence-electron chi connectivity index (χ3n) is 3.01. The molecule has 116 valence electrons. The van der Waals surface area contributed by atoms with Crippen LogP contribution in [-0.2, 0) is 16.0 Å². The smallest absolute Gasteiger partial charge is 0.161 e. The number of methoxy groups -OCH3 is 1. The zero-order valence-electron chi connectivity index (χ0n) is 12.9. The van der Waals surface area contributed by atoms with Gasteiger partial charge in [0.25, 0.3) is 0 Å². The number of ketones is 1. The van der Waals surface area contributed by atoms with Crippen LogP contribution in [0.2, 0.25) is 0 Å². The van der Waals surface area contributed by atoms with Gasteiger partial charge in [-0.2, -0.15) is 0 Å². The molecule has 0 aliphatic rings. The molecule has 0 N–H and O–H groups in total. The lowest BCUT2D eigenvalue weighted by molar-refractivity contribution is -0.114. The first-order valence-electron chi connectivity index (χ1n) is 7.24. The number of allylic oxidation sites excluding steroid dienone is 1. The number of carbonyl (C=O) groups is 1. The molecule has 0 spiro atoms. The Hall–Kier alpha value is -1.81. The van der Waals surface area contributed by atoms with Crippen LogP contribution >= 0.6 is 0 Å². The van der Waals surface area contributed by atoms with Gasteiger partial charge in [0.05, 0.1) is 13.2 Å². The van der Waals surface area contributed by atoms with Gasteiger partial charge in [-0.15, -0.1) is 0 Å². The highest BCUT2D eigenvalue weighted by Gasteiger charge is 2.07. The molecule has 0 amide bonds. The van der Waals surface area contributed by atoms with Crippen LogP contribution in [0.3, 0.4) is 0 Å². The SMILES string of the molecule is C=CC(=O)CCCOc1ccc(CC)cc1OCCOC. The van der Waals surface area contributed by atoms with Gasteiger partial charge in [0, 0.05) is 13.5 Å². The van der Waals surface area contributed by atoms with E-state index in [1.54, 1.807) is 7.11 Å². The van der Waals surface area contributed by atoms with E-state index in [0.29, 0.717) is 38.4 Å². The Bertz CT molecular complexity index is 454. The van der Waals surface area contributed by atoms with Crippen molar-refractivity contribution in [3.8, 4) is 11.5 Å². The Morgan fingerprint density at radius 2 is 1.95 bits per heavy atom. The van der Waals surface area contributed by atoms with E-state index in [-0.39, 0.29) is 5.78 Å². The van der Waals surface area contributed by atoms with Crippen molar-refractivity contribution in [1.29, 1.82) is 0 Å². The van der Waals surface area contributed by atoms with Crippen molar-refractivity contribution in [2.24, 2.45) is 0 Å². The van der Waals surface area contributed by atoms with Gasteiger partial charge in [0.2, 0.25) is 0 Å². The maximum Gasteiger partial charge on any atom is 0.161 e. The van der Waals surface area contributed by atoms with Crippen LogP contribution < -0.4 is 9.47 Å². The summed E-state index contributed by atoms with van der Waals surface area (Å²) in [6.07, 6.45) is 3.40. The van der Waals surface area contributed by atoms with Gasteiger partial charge >= 0.3 is 0 Å². The molecule has 0 heterocycles. The van der Waals surface area contributed by atoms with Crippen molar-refractivity contribution in [1.82, 2.24) is 0 Å². The molecule has 0 unspecified atom stereocenters. The Kier molecular flexibility index (Phi) is 8.21. The van der Waals surface area contributed by atoms with Gasteiger partial charge in [-0.3, -0.25) is 4.79 Å². The number of hydrogen-bond acceptors (Lipinski definition) is 4. The largest absolute Gasteiger partial charge is 0.490 e. The van der Waals surface area contributed by atoms with Crippen LogP contribution in [0.1, 0.15) is 25.3 Å². The summed E-state index contributed by atoms with van der Waals surface area (Å²) in [6, 6.07) is 5.92. The molecule has 1 aromatic carbocycles. The maximum absolute atomic E-state index is 11.1. The van der Waals surface area contributed by atoms with Crippen molar-refractivity contribution < 1.29 is 19.0 Å². The summed E-state index contributed by atoms with van der Waals surface area (Å²) >= 11 is 0. The molecule has 21 heavy (non-hydrogen) atoms. The van der Waals surface area contributed by atoms with Gasteiger partial charge in [-0.1, -0.05) is 19.6 Å². The zero-order chi connectivity index (χ0) is 15.5. The fourth-order valence-corrected chi connectivity index (χ4v) is 1.77. The Balaban J connectivity index is 2.57. The number of rotatable bonds is 11. The first-order valence-corrected chi connectivity index (χ1v) is 7.24. The molecular formula is C17H24O4. The van der Waals surface area contributed by atoms with E-state index in [4.69, 9.17) is 14.2 Å². The number of benzene rings is 1. The summed E-state index contributed by atoms with van der Waals surface area (Å²) in [4.78, 5) is 11.1. The maximum atomic E-state index is 11.1. The minimum atomic E-state index is 0.0384. The lowest BCUT2D eigenvalue weighted by Crippen LogP contribution is -2.07. The van der Waals surface area contributed by atoms with Gasteiger partial charge in [-0.25, -0.2) is 0 Å². The summed E-state index contributed by atoms with van der Waals surface area (Å²) in [5.74, 6) is 1.47. The van der Waals surface area contributed by atoms with E-state index in [2.05, 4.69) is 13.5 Å². The second kappa shape index (κ2) is 10.00. The standard InChI is InChI=1S/C17H24O4/c1-4-14-8-9-16(17(13-14)21-12-11-19-3)20-10-6-7-15(18)5-2/h5,8-9,13H,2,4,6-7,10-12H2,1,3H3. The fraction of sp³-hybridized carbons (Fsp3) is 0.471. The summed E-state index contributed by atoms with van der Waals surface area (Å²) in [5, 5.41) is 0. The third kappa shape index (κ3) is 6.45. The van der Waals surface area contributed by atoms with Crippen molar-refractivity contribution in [3.63, 3.8) is 0 Å². The quantitative estimate of drug-likeness (QED) is 0.464. The van der Waals surface area contributed by atoms with E-state index in [0.717, 1.165) is 12.2 Å². The molecule has 0 aromatic heterocycles. The molecule has 0 bridgehead atoms. The summed E-state index contributed by atoms with van der Waals surface area (Å²) < 4.78 is 16.4. The first kappa shape index (κ1) is 17.2.